The Labute approximate surface area is 141 Å². The molecule has 2 aromatic rings. The molecular formula is C18H20N4O2. The van der Waals surface area contributed by atoms with Gasteiger partial charge in [0.05, 0.1) is 6.42 Å². The van der Waals surface area contributed by atoms with Crippen LogP contribution in [0.4, 0.5) is 5.69 Å². The topological polar surface area (TPSA) is 83.5 Å². The second kappa shape index (κ2) is 8.57. The molecule has 24 heavy (non-hydrogen) atoms. The highest BCUT2D eigenvalue weighted by atomic mass is 16.2. The quantitative estimate of drug-likeness (QED) is 0.633. The van der Waals surface area contributed by atoms with Crippen molar-refractivity contribution in [2.24, 2.45) is 5.10 Å². The van der Waals surface area contributed by atoms with Gasteiger partial charge in [-0.2, -0.15) is 5.10 Å². The number of amides is 2. The van der Waals surface area contributed by atoms with Crippen LogP contribution in [0.15, 0.2) is 53.9 Å². The molecule has 0 atom stereocenters. The molecule has 2 amide bonds. The number of para-hydroxylation sites is 1. The first kappa shape index (κ1) is 17.3. The maximum absolute atomic E-state index is 12.1. The van der Waals surface area contributed by atoms with Gasteiger partial charge in [0.25, 0.3) is 5.91 Å². The van der Waals surface area contributed by atoms with Gasteiger partial charge in [0.2, 0.25) is 5.91 Å². The van der Waals surface area contributed by atoms with Crippen LogP contribution in [0.25, 0.3) is 0 Å². The SMILES string of the molecule is CCc1ccccc1NC(=O)C/C(C)=N/NC(=O)c1ccncc1. The van der Waals surface area contributed by atoms with Gasteiger partial charge < -0.3 is 5.32 Å². The molecule has 0 aliphatic heterocycles. The minimum atomic E-state index is -0.339. The summed E-state index contributed by atoms with van der Waals surface area (Å²) in [6.45, 7) is 3.73. The molecule has 0 unspecified atom stereocenters. The molecule has 0 bridgehead atoms. The maximum Gasteiger partial charge on any atom is 0.271 e. The highest BCUT2D eigenvalue weighted by Crippen LogP contribution is 2.15. The molecule has 2 rings (SSSR count). The number of hydrogen-bond acceptors (Lipinski definition) is 4. The van der Waals surface area contributed by atoms with Crippen LogP contribution in [0, 0.1) is 0 Å². The summed E-state index contributed by atoms with van der Waals surface area (Å²) in [6.07, 6.45) is 4.01. The Morgan fingerprint density at radius 1 is 1.12 bits per heavy atom. The van der Waals surface area contributed by atoms with E-state index in [2.05, 4.69) is 20.8 Å². The number of anilines is 1. The molecule has 2 N–H and O–H groups in total. The molecule has 6 heteroatoms. The summed E-state index contributed by atoms with van der Waals surface area (Å²) in [5.74, 6) is -0.510. The van der Waals surface area contributed by atoms with Crippen molar-refractivity contribution in [1.82, 2.24) is 10.4 Å². The van der Waals surface area contributed by atoms with Crippen LogP contribution in [-0.2, 0) is 11.2 Å². The van der Waals surface area contributed by atoms with E-state index < -0.39 is 0 Å². The zero-order chi connectivity index (χ0) is 17.4. The van der Waals surface area contributed by atoms with Crippen LogP contribution in [0.5, 0.6) is 0 Å². The van der Waals surface area contributed by atoms with Gasteiger partial charge in [0, 0.05) is 29.4 Å². The molecule has 0 saturated heterocycles. The fourth-order valence-electron chi connectivity index (χ4n) is 2.13. The highest BCUT2D eigenvalue weighted by Gasteiger charge is 2.08. The second-order valence-corrected chi connectivity index (χ2v) is 5.26. The number of pyridine rings is 1. The molecular weight excluding hydrogens is 304 g/mol. The average Bonchev–Trinajstić information content (AvgIpc) is 2.60. The Morgan fingerprint density at radius 3 is 2.54 bits per heavy atom. The van der Waals surface area contributed by atoms with Crippen LogP contribution in [-0.4, -0.2) is 22.5 Å². The third-order valence-corrected chi connectivity index (χ3v) is 3.38. The zero-order valence-corrected chi connectivity index (χ0v) is 13.7. The standard InChI is InChI=1S/C18H20N4O2/c1-3-14-6-4-5-7-16(14)20-17(23)12-13(2)21-22-18(24)15-8-10-19-11-9-15/h4-11H,3,12H2,1-2H3,(H,20,23)(H,22,24)/b21-13+. The van der Waals surface area contributed by atoms with Crippen molar-refractivity contribution in [3.05, 3.63) is 59.9 Å². The van der Waals surface area contributed by atoms with E-state index >= 15 is 0 Å². The molecule has 0 aliphatic carbocycles. The minimum absolute atomic E-state index is 0.106. The van der Waals surface area contributed by atoms with Gasteiger partial charge in [-0.05, 0) is 37.1 Å². The van der Waals surface area contributed by atoms with Crippen molar-refractivity contribution in [2.45, 2.75) is 26.7 Å². The number of nitrogens with zero attached hydrogens (tertiary/aromatic N) is 2. The lowest BCUT2D eigenvalue weighted by Gasteiger charge is -2.09. The number of carbonyl (C=O) groups is 2. The number of carbonyl (C=O) groups excluding carboxylic acids is 2. The van der Waals surface area contributed by atoms with Gasteiger partial charge in [-0.15, -0.1) is 0 Å². The third-order valence-electron chi connectivity index (χ3n) is 3.38. The van der Waals surface area contributed by atoms with E-state index in [4.69, 9.17) is 0 Å². The maximum atomic E-state index is 12.1. The molecule has 0 aliphatic rings. The van der Waals surface area contributed by atoms with Crippen LogP contribution in [0.1, 0.15) is 36.2 Å². The first-order valence-corrected chi connectivity index (χ1v) is 7.71. The van der Waals surface area contributed by atoms with Crippen molar-refractivity contribution < 1.29 is 9.59 Å². The third kappa shape index (κ3) is 5.01. The molecule has 124 valence electrons. The van der Waals surface area contributed by atoms with Crippen LogP contribution in [0.3, 0.4) is 0 Å². The first-order chi connectivity index (χ1) is 11.6. The lowest BCUT2D eigenvalue weighted by molar-refractivity contribution is -0.115. The number of aromatic nitrogens is 1. The monoisotopic (exact) mass is 324 g/mol. The van der Waals surface area contributed by atoms with Crippen molar-refractivity contribution in [2.75, 3.05) is 5.32 Å². The molecule has 6 nitrogen and oxygen atoms in total. The van der Waals surface area contributed by atoms with Gasteiger partial charge in [-0.1, -0.05) is 25.1 Å². The van der Waals surface area contributed by atoms with Gasteiger partial charge in [0.15, 0.2) is 0 Å². The smallest absolute Gasteiger partial charge is 0.271 e. The van der Waals surface area contributed by atoms with E-state index in [0.29, 0.717) is 11.3 Å². The van der Waals surface area contributed by atoms with Crippen molar-refractivity contribution >= 4 is 23.2 Å². The predicted molar refractivity (Wildman–Crippen MR) is 93.9 cm³/mol. The van der Waals surface area contributed by atoms with E-state index in [-0.39, 0.29) is 18.2 Å². The zero-order valence-electron chi connectivity index (χ0n) is 13.7. The van der Waals surface area contributed by atoms with Gasteiger partial charge in [-0.3, -0.25) is 14.6 Å². The minimum Gasteiger partial charge on any atom is -0.326 e. The van der Waals surface area contributed by atoms with Crippen LogP contribution in [0.2, 0.25) is 0 Å². The van der Waals surface area contributed by atoms with E-state index in [1.807, 2.05) is 31.2 Å². The predicted octanol–water partition coefficient (Wildman–Crippen LogP) is 2.78. The Hall–Kier alpha value is -3.02. The molecule has 1 heterocycles. The summed E-state index contributed by atoms with van der Waals surface area (Å²) in [4.78, 5) is 27.8. The van der Waals surface area contributed by atoms with E-state index in [9.17, 15) is 9.59 Å². The highest BCUT2D eigenvalue weighted by molar-refractivity contribution is 6.06. The average molecular weight is 324 g/mol. The lowest BCUT2D eigenvalue weighted by Crippen LogP contribution is -2.21. The van der Waals surface area contributed by atoms with Crippen molar-refractivity contribution in [3.63, 3.8) is 0 Å². The van der Waals surface area contributed by atoms with Crippen LogP contribution >= 0.6 is 0 Å². The van der Waals surface area contributed by atoms with Gasteiger partial charge in [0.1, 0.15) is 0 Å². The summed E-state index contributed by atoms with van der Waals surface area (Å²) in [7, 11) is 0. The number of hydrazone groups is 1. The Balaban J connectivity index is 1.90. The van der Waals surface area contributed by atoms with Crippen molar-refractivity contribution in [1.29, 1.82) is 0 Å². The van der Waals surface area contributed by atoms with Gasteiger partial charge in [-0.25, -0.2) is 5.43 Å². The number of hydrogen-bond donors (Lipinski definition) is 2. The number of aryl methyl sites for hydroxylation is 1. The summed E-state index contributed by atoms with van der Waals surface area (Å²) in [5, 5.41) is 6.83. The Morgan fingerprint density at radius 2 is 1.83 bits per heavy atom. The summed E-state index contributed by atoms with van der Waals surface area (Å²) >= 11 is 0. The fraction of sp³-hybridized carbons (Fsp3) is 0.222. The van der Waals surface area contributed by atoms with E-state index in [0.717, 1.165) is 17.7 Å². The Bertz CT molecular complexity index is 742. The fourth-order valence-corrected chi connectivity index (χ4v) is 2.13. The molecule has 0 fully saturated rings. The molecule has 0 radical (unpaired) electrons. The normalized spacial score (nSPS) is 11.0. The number of benzene rings is 1. The second-order valence-electron chi connectivity index (χ2n) is 5.26. The van der Waals surface area contributed by atoms with Gasteiger partial charge >= 0.3 is 0 Å². The van der Waals surface area contributed by atoms with E-state index in [1.165, 1.54) is 12.4 Å². The molecule has 1 aromatic carbocycles. The molecule has 1 aromatic heterocycles. The molecule has 0 spiro atoms. The lowest BCUT2D eigenvalue weighted by atomic mass is 10.1. The first-order valence-electron chi connectivity index (χ1n) is 7.71. The summed E-state index contributed by atoms with van der Waals surface area (Å²) < 4.78 is 0. The number of nitrogens with one attached hydrogen (secondary N) is 2. The van der Waals surface area contributed by atoms with Crippen LogP contribution < -0.4 is 10.7 Å². The van der Waals surface area contributed by atoms with E-state index in [1.54, 1.807) is 19.1 Å². The largest absolute Gasteiger partial charge is 0.326 e. The Kier molecular flexibility index (Phi) is 6.19. The molecule has 0 saturated carbocycles. The van der Waals surface area contributed by atoms with Crippen molar-refractivity contribution in [3.8, 4) is 0 Å². The number of rotatable bonds is 6. The summed E-state index contributed by atoms with van der Waals surface area (Å²) in [6, 6.07) is 10.9. The summed E-state index contributed by atoms with van der Waals surface area (Å²) in [5.41, 5.74) is 5.29.